The van der Waals surface area contributed by atoms with Crippen molar-refractivity contribution in [3.8, 4) is 0 Å². The number of aromatic nitrogens is 3. The molecule has 2 aromatic rings. The van der Waals surface area contributed by atoms with Gasteiger partial charge in [-0.15, -0.1) is 0 Å². The molecular weight excluding hydrogens is 280 g/mol. The molecule has 0 aliphatic heterocycles. The van der Waals surface area contributed by atoms with Gasteiger partial charge in [-0.25, -0.2) is 0 Å². The smallest absolute Gasteiger partial charge is 0.0908 e. The zero-order valence-corrected chi connectivity index (χ0v) is 11.5. The first-order chi connectivity index (χ1) is 8.13. The molecule has 5 heteroatoms. The second-order valence-electron chi connectivity index (χ2n) is 3.93. The molecule has 0 aliphatic rings. The van der Waals surface area contributed by atoms with Crippen LogP contribution >= 0.6 is 15.9 Å². The first-order valence-electron chi connectivity index (χ1n) is 5.52. The van der Waals surface area contributed by atoms with E-state index in [0.717, 1.165) is 28.0 Å². The Morgan fingerprint density at radius 3 is 2.94 bits per heavy atom. The van der Waals surface area contributed by atoms with Crippen LogP contribution in [0.5, 0.6) is 0 Å². The Bertz CT molecular complexity index is 521. The van der Waals surface area contributed by atoms with E-state index in [2.05, 4.69) is 26.0 Å². The Balaban J connectivity index is 2.43. The first-order valence-corrected chi connectivity index (χ1v) is 6.32. The van der Waals surface area contributed by atoms with E-state index in [-0.39, 0.29) is 6.04 Å². The third-order valence-corrected chi connectivity index (χ3v) is 3.29. The fraction of sp³-hybridized carbons (Fsp3) is 0.333. The molecular formula is C12H15BrN4. The molecule has 0 fully saturated rings. The molecule has 0 bridgehead atoms. The number of nitrogens with two attached hydrogens (primary N) is 1. The Hall–Kier alpha value is -1.20. The topological polar surface area (TPSA) is 56.7 Å². The van der Waals surface area contributed by atoms with Crippen molar-refractivity contribution in [3.05, 3.63) is 46.0 Å². The van der Waals surface area contributed by atoms with Gasteiger partial charge in [0.25, 0.3) is 0 Å². The van der Waals surface area contributed by atoms with Gasteiger partial charge < -0.3 is 5.73 Å². The fourth-order valence-electron chi connectivity index (χ4n) is 1.80. The molecule has 2 aromatic heterocycles. The van der Waals surface area contributed by atoms with Crippen LogP contribution in [0.15, 0.2) is 29.0 Å². The van der Waals surface area contributed by atoms with Crippen molar-refractivity contribution in [2.75, 3.05) is 0 Å². The molecule has 0 radical (unpaired) electrons. The van der Waals surface area contributed by atoms with Crippen molar-refractivity contribution in [1.29, 1.82) is 0 Å². The molecule has 0 amide bonds. The monoisotopic (exact) mass is 294 g/mol. The molecule has 0 spiro atoms. The molecule has 1 atom stereocenters. The average molecular weight is 295 g/mol. The lowest BCUT2D eigenvalue weighted by molar-refractivity contribution is 0.595. The summed E-state index contributed by atoms with van der Waals surface area (Å²) in [5.74, 6) is 0. The van der Waals surface area contributed by atoms with E-state index in [4.69, 9.17) is 5.73 Å². The summed E-state index contributed by atoms with van der Waals surface area (Å²) in [6.45, 7) is 4.86. The summed E-state index contributed by atoms with van der Waals surface area (Å²) in [5, 5.41) is 4.27. The van der Waals surface area contributed by atoms with Crippen molar-refractivity contribution in [1.82, 2.24) is 14.8 Å². The van der Waals surface area contributed by atoms with E-state index in [1.165, 1.54) is 0 Å². The van der Waals surface area contributed by atoms with Crippen LogP contribution in [0.25, 0.3) is 0 Å². The Labute approximate surface area is 109 Å². The molecule has 0 aromatic carbocycles. The van der Waals surface area contributed by atoms with Crippen molar-refractivity contribution >= 4 is 15.9 Å². The van der Waals surface area contributed by atoms with Gasteiger partial charge in [-0.1, -0.05) is 0 Å². The van der Waals surface area contributed by atoms with Gasteiger partial charge in [-0.05, 0) is 47.5 Å². The summed E-state index contributed by atoms with van der Waals surface area (Å²) < 4.78 is 2.81. The minimum absolute atomic E-state index is 0.258. The van der Waals surface area contributed by atoms with E-state index in [9.17, 15) is 0 Å². The van der Waals surface area contributed by atoms with Gasteiger partial charge in [0.1, 0.15) is 0 Å². The minimum atomic E-state index is -0.258. The van der Waals surface area contributed by atoms with Crippen LogP contribution in [0.1, 0.15) is 29.9 Å². The quantitative estimate of drug-likeness (QED) is 0.946. The maximum absolute atomic E-state index is 6.25. The van der Waals surface area contributed by atoms with Crippen LogP contribution in [0.2, 0.25) is 0 Å². The van der Waals surface area contributed by atoms with Gasteiger partial charge in [0.05, 0.1) is 28.1 Å². The standard InChI is InChI=1S/C12H15BrN4/c1-3-17-12(9(13)7-16-17)11(14)10-6-8(2)4-5-15-10/h4-7,11H,3,14H2,1-2H3. The summed E-state index contributed by atoms with van der Waals surface area (Å²) in [6, 6.07) is 3.71. The van der Waals surface area contributed by atoms with Gasteiger partial charge in [-0.2, -0.15) is 5.10 Å². The molecule has 1 unspecified atom stereocenters. The highest BCUT2D eigenvalue weighted by Crippen LogP contribution is 2.25. The zero-order chi connectivity index (χ0) is 12.4. The van der Waals surface area contributed by atoms with Gasteiger partial charge in [-0.3, -0.25) is 9.67 Å². The number of nitrogens with zero attached hydrogens (tertiary/aromatic N) is 3. The van der Waals surface area contributed by atoms with Gasteiger partial charge >= 0.3 is 0 Å². The first kappa shape index (κ1) is 12.3. The molecule has 2 heterocycles. The predicted molar refractivity (Wildman–Crippen MR) is 70.6 cm³/mol. The Morgan fingerprint density at radius 1 is 1.53 bits per heavy atom. The van der Waals surface area contributed by atoms with E-state index >= 15 is 0 Å². The van der Waals surface area contributed by atoms with Gasteiger partial charge in [0.15, 0.2) is 0 Å². The summed E-state index contributed by atoms with van der Waals surface area (Å²) >= 11 is 3.48. The number of aryl methyl sites for hydroxylation is 2. The second-order valence-corrected chi connectivity index (χ2v) is 4.78. The summed E-state index contributed by atoms with van der Waals surface area (Å²) in [4.78, 5) is 4.33. The van der Waals surface area contributed by atoms with E-state index in [0.29, 0.717) is 0 Å². The third-order valence-electron chi connectivity index (χ3n) is 2.68. The van der Waals surface area contributed by atoms with Crippen molar-refractivity contribution in [3.63, 3.8) is 0 Å². The van der Waals surface area contributed by atoms with E-state index in [1.54, 1.807) is 12.4 Å². The normalized spacial score (nSPS) is 12.7. The summed E-state index contributed by atoms with van der Waals surface area (Å²) in [5.41, 5.74) is 9.24. The van der Waals surface area contributed by atoms with Crippen molar-refractivity contribution in [2.24, 2.45) is 5.73 Å². The highest BCUT2D eigenvalue weighted by Gasteiger charge is 2.18. The van der Waals surface area contributed by atoms with Crippen LogP contribution in [0.3, 0.4) is 0 Å². The van der Waals surface area contributed by atoms with E-state index in [1.807, 2.05) is 30.7 Å². The van der Waals surface area contributed by atoms with Crippen LogP contribution in [-0.4, -0.2) is 14.8 Å². The Kier molecular flexibility index (Phi) is 3.59. The number of hydrogen-bond donors (Lipinski definition) is 1. The SMILES string of the molecule is CCn1ncc(Br)c1C(N)c1cc(C)ccn1. The van der Waals surface area contributed by atoms with Crippen LogP contribution in [-0.2, 0) is 6.54 Å². The van der Waals surface area contributed by atoms with Crippen LogP contribution in [0.4, 0.5) is 0 Å². The fourth-order valence-corrected chi connectivity index (χ4v) is 2.35. The largest absolute Gasteiger partial charge is 0.318 e. The van der Waals surface area contributed by atoms with Crippen LogP contribution in [0, 0.1) is 6.92 Å². The summed E-state index contributed by atoms with van der Waals surface area (Å²) in [7, 11) is 0. The maximum atomic E-state index is 6.25. The molecule has 4 nitrogen and oxygen atoms in total. The molecule has 2 N–H and O–H groups in total. The number of halogens is 1. The second kappa shape index (κ2) is 4.98. The lowest BCUT2D eigenvalue weighted by Gasteiger charge is -2.14. The van der Waals surface area contributed by atoms with E-state index < -0.39 is 0 Å². The number of hydrogen-bond acceptors (Lipinski definition) is 3. The molecule has 0 aliphatic carbocycles. The summed E-state index contributed by atoms with van der Waals surface area (Å²) in [6.07, 6.45) is 3.56. The number of pyridine rings is 1. The van der Waals surface area contributed by atoms with Gasteiger partial charge in [0.2, 0.25) is 0 Å². The highest BCUT2D eigenvalue weighted by molar-refractivity contribution is 9.10. The predicted octanol–water partition coefficient (Wildman–Crippen LogP) is 2.42. The molecule has 90 valence electrons. The maximum Gasteiger partial charge on any atom is 0.0908 e. The minimum Gasteiger partial charge on any atom is -0.318 e. The lowest BCUT2D eigenvalue weighted by atomic mass is 10.1. The lowest BCUT2D eigenvalue weighted by Crippen LogP contribution is -2.18. The Morgan fingerprint density at radius 2 is 2.29 bits per heavy atom. The molecule has 17 heavy (non-hydrogen) atoms. The van der Waals surface area contributed by atoms with Gasteiger partial charge in [0, 0.05) is 12.7 Å². The van der Waals surface area contributed by atoms with Crippen molar-refractivity contribution < 1.29 is 0 Å². The molecule has 2 rings (SSSR count). The van der Waals surface area contributed by atoms with Crippen molar-refractivity contribution in [2.45, 2.75) is 26.4 Å². The average Bonchev–Trinajstić information content (AvgIpc) is 2.69. The van der Waals surface area contributed by atoms with Crippen LogP contribution < -0.4 is 5.73 Å². The molecule has 0 saturated carbocycles. The number of rotatable bonds is 3. The molecule has 0 saturated heterocycles. The third kappa shape index (κ3) is 2.40. The highest BCUT2D eigenvalue weighted by atomic mass is 79.9. The zero-order valence-electron chi connectivity index (χ0n) is 9.89.